The molecule has 7 heteroatoms. The van der Waals surface area contributed by atoms with Gasteiger partial charge < -0.3 is 11.1 Å². The minimum absolute atomic E-state index is 0.0616. The molecule has 20 heavy (non-hydrogen) atoms. The molecule has 0 fully saturated rings. The number of anilines is 1. The molecule has 1 rings (SSSR count). The predicted octanol–water partition coefficient (Wildman–Crippen LogP) is 0.636. The van der Waals surface area contributed by atoms with Crippen LogP contribution in [0, 0.1) is 0 Å². The van der Waals surface area contributed by atoms with Gasteiger partial charge in [-0.25, -0.2) is 13.1 Å². The Morgan fingerprint density at radius 3 is 2.60 bits per heavy atom. The molecular formula is C13H21N3O3S. The van der Waals surface area contributed by atoms with E-state index in [-0.39, 0.29) is 23.8 Å². The lowest BCUT2D eigenvalue weighted by molar-refractivity contribution is -0.120. The molecule has 0 saturated heterocycles. The minimum Gasteiger partial charge on any atom is -0.399 e. The van der Waals surface area contributed by atoms with Crippen LogP contribution in [0.2, 0.25) is 0 Å². The first kappa shape index (κ1) is 16.5. The number of nitrogen functional groups attached to an aromatic ring is 1. The van der Waals surface area contributed by atoms with E-state index in [2.05, 4.69) is 10.0 Å². The summed E-state index contributed by atoms with van der Waals surface area (Å²) in [7, 11) is -3.65. The molecule has 0 aliphatic rings. The molecule has 0 unspecified atom stereocenters. The number of hydrogen-bond acceptors (Lipinski definition) is 4. The molecule has 0 aromatic heterocycles. The highest BCUT2D eigenvalue weighted by atomic mass is 32.2. The van der Waals surface area contributed by atoms with Gasteiger partial charge in [0.25, 0.3) is 0 Å². The molecule has 0 aliphatic heterocycles. The average Bonchev–Trinajstić information content (AvgIpc) is 2.38. The molecule has 0 aliphatic carbocycles. The third-order valence-electron chi connectivity index (χ3n) is 2.78. The van der Waals surface area contributed by atoms with Gasteiger partial charge in [-0.3, -0.25) is 4.79 Å². The third-order valence-corrected chi connectivity index (χ3v) is 4.32. The predicted molar refractivity (Wildman–Crippen MR) is 78.7 cm³/mol. The second kappa shape index (κ2) is 7.25. The summed E-state index contributed by atoms with van der Waals surface area (Å²) >= 11 is 0. The number of carbonyl (C=O) groups excluding carboxylic acids is 1. The molecule has 112 valence electrons. The Hall–Kier alpha value is -1.60. The molecule has 0 radical (unpaired) electrons. The van der Waals surface area contributed by atoms with Crippen molar-refractivity contribution in [3.63, 3.8) is 0 Å². The van der Waals surface area contributed by atoms with Crippen LogP contribution in [0.4, 0.5) is 5.69 Å². The summed E-state index contributed by atoms with van der Waals surface area (Å²) in [5.41, 5.74) is 6.73. The topological polar surface area (TPSA) is 101 Å². The number of aryl methyl sites for hydroxylation is 1. The molecule has 0 heterocycles. The van der Waals surface area contributed by atoms with Gasteiger partial charge in [-0.05, 0) is 31.0 Å². The Morgan fingerprint density at radius 1 is 1.30 bits per heavy atom. The van der Waals surface area contributed by atoms with Crippen LogP contribution < -0.4 is 15.8 Å². The Labute approximate surface area is 119 Å². The Balaban J connectivity index is 2.79. The summed E-state index contributed by atoms with van der Waals surface area (Å²) in [6.45, 7) is 4.27. The lowest BCUT2D eigenvalue weighted by Gasteiger charge is -2.11. The lowest BCUT2D eigenvalue weighted by atomic mass is 10.1. The summed E-state index contributed by atoms with van der Waals surface area (Å²) < 4.78 is 26.8. The minimum atomic E-state index is -3.65. The van der Waals surface area contributed by atoms with E-state index < -0.39 is 10.0 Å². The standard InChI is InChI=1S/C13H21N3O3S/c1-3-10-5-6-11(14)9-12(10)20(18,19)16-8-7-13(17)15-4-2/h5-6,9,16H,3-4,7-8,14H2,1-2H3,(H,15,17). The van der Waals surface area contributed by atoms with Crippen molar-refractivity contribution in [1.82, 2.24) is 10.0 Å². The average molecular weight is 299 g/mol. The van der Waals surface area contributed by atoms with E-state index in [4.69, 9.17) is 5.73 Å². The highest BCUT2D eigenvalue weighted by Gasteiger charge is 2.18. The van der Waals surface area contributed by atoms with Crippen molar-refractivity contribution in [2.45, 2.75) is 31.6 Å². The van der Waals surface area contributed by atoms with Gasteiger partial charge in [-0.15, -0.1) is 0 Å². The summed E-state index contributed by atoms with van der Waals surface area (Å²) in [6.07, 6.45) is 0.698. The van der Waals surface area contributed by atoms with E-state index in [9.17, 15) is 13.2 Å². The molecule has 0 spiro atoms. The number of sulfonamides is 1. The Morgan fingerprint density at radius 2 is 2.00 bits per heavy atom. The van der Waals surface area contributed by atoms with Crippen LogP contribution in [0.1, 0.15) is 25.8 Å². The number of rotatable bonds is 7. The van der Waals surface area contributed by atoms with Crippen molar-refractivity contribution < 1.29 is 13.2 Å². The second-order valence-electron chi connectivity index (χ2n) is 4.32. The van der Waals surface area contributed by atoms with Crippen molar-refractivity contribution >= 4 is 21.6 Å². The molecule has 1 amide bonds. The molecule has 0 saturated carbocycles. The lowest BCUT2D eigenvalue weighted by Crippen LogP contribution is -2.31. The molecule has 1 aromatic rings. The maximum atomic E-state index is 12.2. The SMILES string of the molecule is CCNC(=O)CCNS(=O)(=O)c1cc(N)ccc1CC. The summed E-state index contributed by atoms with van der Waals surface area (Å²) in [5.74, 6) is -0.182. The van der Waals surface area contributed by atoms with E-state index in [1.165, 1.54) is 6.07 Å². The zero-order valence-corrected chi connectivity index (χ0v) is 12.6. The Kier molecular flexibility index (Phi) is 5.97. The highest BCUT2D eigenvalue weighted by molar-refractivity contribution is 7.89. The van der Waals surface area contributed by atoms with Crippen molar-refractivity contribution in [2.75, 3.05) is 18.8 Å². The maximum Gasteiger partial charge on any atom is 0.240 e. The van der Waals surface area contributed by atoms with Gasteiger partial charge >= 0.3 is 0 Å². The smallest absolute Gasteiger partial charge is 0.240 e. The quantitative estimate of drug-likeness (QED) is 0.643. The molecule has 0 atom stereocenters. The zero-order chi connectivity index (χ0) is 15.2. The summed E-state index contributed by atoms with van der Waals surface area (Å²) in [4.78, 5) is 11.5. The highest BCUT2D eigenvalue weighted by Crippen LogP contribution is 2.19. The summed E-state index contributed by atoms with van der Waals surface area (Å²) in [6, 6.07) is 4.81. The van der Waals surface area contributed by atoms with Gasteiger partial charge in [0.15, 0.2) is 0 Å². The van der Waals surface area contributed by atoms with Gasteiger partial charge in [0, 0.05) is 25.2 Å². The zero-order valence-electron chi connectivity index (χ0n) is 11.8. The molecule has 6 nitrogen and oxygen atoms in total. The summed E-state index contributed by atoms with van der Waals surface area (Å²) in [5, 5.41) is 2.61. The number of amides is 1. The molecule has 4 N–H and O–H groups in total. The van der Waals surface area contributed by atoms with E-state index in [0.717, 1.165) is 0 Å². The number of nitrogens with two attached hydrogens (primary N) is 1. The van der Waals surface area contributed by atoms with Crippen LogP contribution in [-0.4, -0.2) is 27.4 Å². The van der Waals surface area contributed by atoms with Crippen molar-refractivity contribution in [1.29, 1.82) is 0 Å². The van der Waals surface area contributed by atoms with Gasteiger partial charge in [-0.1, -0.05) is 13.0 Å². The fraction of sp³-hybridized carbons (Fsp3) is 0.462. The van der Waals surface area contributed by atoms with Gasteiger partial charge in [-0.2, -0.15) is 0 Å². The monoisotopic (exact) mass is 299 g/mol. The van der Waals surface area contributed by atoms with Gasteiger partial charge in [0.1, 0.15) is 0 Å². The first-order valence-electron chi connectivity index (χ1n) is 6.55. The third kappa shape index (κ3) is 4.50. The van der Waals surface area contributed by atoms with Crippen LogP contribution in [0.25, 0.3) is 0 Å². The van der Waals surface area contributed by atoms with E-state index in [0.29, 0.717) is 24.2 Å². The van der Waals surface area contributed by atoms with Crippen molar-refractivity contribution in [3.05, 3.63) is 23.8 Å². The fourth-order valence-corrected chi connectivity index (χ4v) is 3.15. The first-order chi connectivity index (χ1) is 9.40. The van der Waals surface area contributed by atoms with Crippen LogP contribution in [0.15, 0.2) is 23.1 Å². The van der Waals surface area contributed by atoms with Gasteiger partial charge in [0.2, 0.25) is 15.9 Å². The van der Waals surface area contributed by atoms with E-state index in [1.807, 2.05) is 13.8 Å². The van der Waals surface area contributed by atoms with Crippen LogP contribution in [0.5, 0.6) is 0 Å². The fourth-order valence-electron chi connectivity index (χ4n) is 1.78. The van der Waals surface area contributed by atoms with Crippen molar-refractivity contribution in [2.24, 2.45) is 0 Å². The van der Waals surface area contributed by atoms with Crippen LogP contribution >= 0.6 is 0 Å². The van der Waals surface area contributed by atoms with Crippen LogP contribution in [0.3, 0.4) is 0 Å². The Bertz CT molecular complexity index is 570. The number of nitrogens with one attached hydrogen (secondary N) is 2. The normalized spacial score (nSPS) is 11.3. The number of hydrogen-bond donors (Lipinski definition) is 3. The molecule has 0 bridgehead atoms. The first-order valence-corrected chi connectivity index (χ1v) is 8.03. The largest absolute Gasteiger partial charge is 0.399 e. The van der Waals surface area contributed by atoms with E-state index in [1.54, 1.807) is 12.1 Å². The van der Waals surface area contributed by atoms with Crippen LogP contribution in [-0.2, 0) is 21.2 Å². The number of carbonyl (C=O) groups is 1. The van der Waals surface area contributed by atoms with Crippen molar-refractivity contribution in [3.8, 4) is 0 Å². The number of benzene rings is 1. The second-order valence-corrected chi connectivity index (χ2v) is 6.06. The van der Waals surface area contributed by atoms with E-state index >= 15 is 0 Å². The van der Waals surface area contributed by atoms with Gasteiger partial charge in [0.05, 0.1) is 4.90 Å². The maximum absolute atomic E-state index is 12.2. The molecular weight excluding hydrogens is 278 g/mol. The molecule has 1 aromatic carbocycles.